The lowest BCUT2D eigenvalue weighted by Crippen LogP contribution is -2.29. The second-order valence-corrected chi connectivity index (χ2v) is 9.57. The van der Waals surface area contributed by atoms with Crippen molar-refractivity contribution in [1.82, 2.24) is 29.6 Å². The Labute approximate surface area is 203 Å². The number of amides is 1. The molecule has 2 fully saturated rings. The van der Waals surface area contributed by atoms with Crippen molar-refractivity contribution < 1.29 is 4.79 Å². The van der Waals surface area contributed by atoms with Gasteiger partial charge >= 0.3 is 0 Å². The van der Waals surface area contributed by atoms with Crippen LogP contribution in [0, 0.1) is 0 Å². The Bertz CT molecular complexity index is 1360. The smallest absolute Gasteiger partial charge is 0.248 e. The topological polar surface area (TPSA) is 116 Å². The number of hydrogen-bond donors (Lipinski definition) is 3. The number of carbonyl (C=O) groups excluding carboxylic acids is 1. The van der Waals surface area contributed by atoms with Gasteiger partial charge in [-0.2, -0.15) is 10.1 Å². The highest BCUT2D eigenvalue weighted by atomic mass is 16.1. The molecule has 180 valence electrons. The molecule has 1 saturated carbocycles. The molecular weight excluding hydrogens is 440 g/mol. The Morgan fingerprint density at radius 1 is 1.09 bits per heavy atom. The monoisotopic (exact) mass is 470 g/mol. The summed E-state index contributed by atoms with van der Waals surface area (Å²) in [4.78, 5) is 21.3. The fraction of sp³-hybridized carbons (Fsp3) is 0.385. The first kappa shape index (κ1) is 21.8. The standard InChI is InChI=1S/C26H30N8O/c27-24(35)18-5-6-23-17(13-18)9-12-33(23)26-29-15-22(25(32-26)31-20-3-1-2-4-20)19-14-30-34(16-19)21-7-10-28-11-8-21/h5-6,9,12-16,20-21,28H,1-4,7-8,10-11H2,(H2,27,35)(H,29,31,32). The van der Waals surface area contributed by atoms with Gasteiger partial charge in [-0.05, 0) is 63.0 Å². The molecule has 0 atom stereocenters. The van der Waals surface area contributed by atoms with Crippen LogP contribution in [0.2, 0.25) is 0 Å². The number of primary amides is 1. The number of rotatable bonds is 6. The lowest BCUT2D eigenvalue weighted by atomic mass is 10.1. The number of hydrogen-bond acceptors (Lipinski definition) is 6. The molecule has 35 heavy (non-hydrogen) atoms. The van der Waals surface area contributed by atoms with Gasteiger partial charge in [0.15, 0.2) is 0 Å². The predicted octanol–water partition coefficient (Wildman–Crippen LogP) is 3.66. The van der Waals surface area contributed by atoms with E-state index in [-0.39, 0.29) is 0 Å². The van der Waals surface area contributed by atoms with Gasteiger partial charge in [0.05, 0.1) is 17.8 Å². The molecule has 0 radical (unpaired) electrons. The number of anilines is 1. The average Bonchev–Trinajstić information content (AvgIpc) is 3.65. The third kappa shape index (κ3) is 4.27. The zero-order valence-electron chi connectivity index (χ0n) is 19.7. The van der Waals surface area contributed by atoms with Crippen molar-refractivity contribution in [3.63, 3.8) is 0 Å². The molecule has 1 aromatic carbocycles. The van der Waals surface area contributed by atoms with Crippen molar-refractivity contribution in [3.8, 4) is 17.1 Å². The van der Waals surface area contributed by atoms with E-state index in [0.29, 0.717) is 23.6 Å². The van der Waals surface area contributed by atoms with Crippen LogP contribution in [0.4, 0.5) is 5.82 Å². The molecule has 9 nitrogen and oxygen atoms in total. The Kier molecular flexibility index (Phi) is 5.69. The third-order valence-electron chi connectivity index (χ3n) is 7.26. The molecule has 4 aromatic rings. The Hall–Kier alpha value is -3.72. The van der Waals surface area contributed by atoms with E-state index in [1.807, 2.05) is 35.3 Å². The molecule has 1 amide bonds. The lowest BCUT2D eigenvalue weighted by molar-refractivity contribution is 0.100. The van der Waals surface area contributed by atoms with E-state index in [4.69, 9.17) is 15.7 Å². The van der Waals surface area contributed by atoms with E-state index in [9.17, 15) is 4.79 Å². The van der Waals surface area contributed by atoms with Gasteiger partial charge in [0, 0.05) is 46.7 Å². The lowest BCUT2D eigenvalue weighted by Gasteiger charge is -2.22. The summed E-state index contributed by atoms with van der Waals surface area (Å²) in [6.07, 6.45) is 14.8. The van der Waals surface area contributed by atoms with Crippen LogP contribution in [-0.2, 0) is 0 Å². The highest BCUT2D eigenvalue weighted by molar-refractivity contribution is 5.97. The zero-order chi connectivity index (χ0) is 23.8. The van der Waals surface area contributed by atoms with Crippen LogP contribution in [0.25, 0.3) is 28.0 Å². The highest BCUT2D eigenvalue weighted by Gasteiger charge is 2.21. The van der Waals surface area contributed by atoms with Crippen LogP contribution in [0.3, 0.4) is 0 Å². The summed E-state index contributed by atoms with van der Waals surface area (Å²) >= 11 is 0. The quantitative estimate of drug-likeness (QED) is 0.396. The van der Waals surface area contributed by atoms with Crippen LogP contribution < -0.4 is 16.4 Å². The number of nitrogens with one attached hydrogen (secondary N) is 2. The maximum absolute atomic E-state index is 11.6. The fourth-order valence-electron chi connectivity index (χ4n) is 5.29. The summed E-state index contributed by atoms with van der Waals surface area (Å²) in [7, 11) is 0. The first-order chi connectivity index (χ1) is 17.2. The predicted molar refractivity (Wildman–Crippen MR) is 136 cm³/mol. The summed E-state index contributed by atoms with van der Waals surface area (Å²) in [5.74, 6) is 0.984. The number of nitrogens with two attached hydrogens (primary N) is 1. The van der Waals surface area contributed by atoms with Gasteiger partial charge in [0.2, 0.25) is 11.9 Å². The molecule has 9 heteroatoms. The zero-order valence-corrected chi connectivity index (χ0v) is 19.7. The van der Waals surface area contributed by atoms with Gasteiger partial charge in [0.1, 0.15) is 5.82 Å². The maximum atomic E-state index is 11.6. The third-order valence-corrected chi connectivity index (χ3v) is 7.26. The van der Waals surface area contributed by atoms with Crippen LogP contribution in [0.15, 0.2) is 49.1 Å². The van der Waals surface area contributed by atoms with Crippen molar-refractivity contribution >= 4 is 22.6 Å². The summed E-state index contributed by atoms with van der Waals surface area (Å²) in [5.41, 5.74) is 8.86. The van der Waals surface area contributed by atoms with Crippen molar-refractivity contribution in [2.75, 3.05) is 18.4 Å². The van der Waals surface area contributed by atoms with Gasteiger partial charge in [-0.25, -0.2) is 4.98 Å². The minimum absolute atomic E-state index is 0.412. The SMILES string of the molecule is NC(=O)c1ccc2c(ccn2-c2ncc(-c3cnn(C4CCNCC4)c3)c(NC3CCCC3)n2)c1. The van der Waals surface area contributed by atoms with E-state index >= 15 is 0 Å². The molecule has 0 unspecified atom stereocenters. The Morgan fingerprint density at radius 3 is 2.71 bits per heavy atom. The van der Waals surface area contributed by atoms with Crippen LogP contribution in [-0.4, -0.2) is 49.4 Å². The first-order valence-corrected chi connectivity index (χ1v) is 12.5. The van der Waals surface area contributed by atoms with Crippen LogP contribution >= 0.6 is 0 Å². The first-order valence-electron chi connectivity index (χ1n) is 12.5. The molecule has 1 aliphatic heterocycles. The molecule has 0 spiro atoms. The highest BCUT2D eigenvalue weighted by Crippen LogP contribution is 2.31. The van der Waals surface area contributed by atoms with Gasteiger partial charge in [-0.1, -0.05) is 12.8 Å². The molecule has 0 bridgehead atoms. The van der Waals surface area contributed by atoms with E-state index in [1.165, 1.54) is 12.8 Å². The van der Waals surface area contributed by atoms with Crippen molar-refractivity contribution in [2.24, 2.45) is 5.73 Å². The number of aromatic nitrogens is 5. The van der Waals surface area contributed by atoms with Gasteiger partial charge < -0.3 is 16.4 Å². The second-order valence-electron chi connectivity index (χ2n) is 9.57. The van der Waals surface area contributed by atoms with E-state index < -0.39 is 5.91 Å². The number of piperidine rings is 1. The van der Waals surface area contributed by atoms with Crippen molar-refractivity contribution in [2.45, 2.75) is 50.6 Å². The summed E-state index contributed by atoms with van der Waals surface area (Å²) in [6, 6.07) is 8.22. The largest absolute Gasteiger partial charge is 0.367 e. The molecular formula is C26H30N8O. The average molecular weight is 471 g/mol. The van der Waals surface area contributed by atoms with Crippen molar-refractivity contribution in [3.05, 3.63) is 54.6 Å². The Morgan fingerprint density at radius 2 is 1.91 bits per heavy atom. The number of nitrogens with zero attached hydrogens (tertiary/aromatic N) is 5. The molecule has 4 N–H and O–H groups in total. The summed E-state index contributed by atoms with van der Waals surface area (Å²) in [5, 5.41) is 12.7. The molecule has 1 saturated heterocycles. The minimum Gasteiger partial charge on any atom is -0.367 e. The summed E-state index contributed by atoms with van der Waals surface area (Å²) in [6.45, 7) is 2.05. The summed E-state index contributed by atoms with van der Waals surface area (Å²) < 4.78 is 4.04. The number of benzene rings is 1. The molecule has 1 aliphatic carbocycles. The van der Waals surface area contributed by atoms with E-state index in [1.54, 1.807) is 12.1 Å². The Balaban J connectivity index is 1.38. The number of carbonyl (C=O) groups is 1. The molecule has 6 rings (SSSR count). The van der Waals surface area contributed by atoms with Gasteiger partial charge in [-0.3, -0.25) is 14.0 Å². The van der Waals surface area contributed by atoms with Crippen LogP contribution in [0.5, 0.6) is 0 Å². The van der Waals surface area contributed by atoms with Crippen molar-refractivity contribution in [1.29, 1.82) is 0 Å². The van der Waals surface area contributed by atoms with Gasteiger partial charge in [0.25, 0.3) is 0 Å². The number of fused-ring (bicyclic) bond motifs is 1. The fourth-order valence-corrected chi connectivity index (χ4v) is 5.29. The van der Waals surface area contributed by atoms with Gasteiger partial charge in [-0.15, -0.1) is 0 Å². The minimum atomic E-state index is -0.437. The maximum Gasteiger partial charge on any atom is 0.248 e. The van der Waals surface area contributed by atoms with E-state index in [2.05, 4.69) is 26.6 Å². The van der Waals surface area contributed by atoms with E-state index in [0.717, 1.165) is 66.6 Å². The second kappa shape index (κ2) is 9.14. The van der Waals surface area contributed by atoms with Crippen LogP contribution in [0.1, 0.15) is 54.9 Å². The molecule has 3 aromatic heterocycles. The molecule has 2 aliphatic rings. The normalized spacial score (nSPS) is 17.3. The molecule has 4 heterocycles.